The zero-order valence-corrected chi connectivity index (χ0v) is 25.7. The quantitative estimate of drug-likeness (QED) is 0.187. The summed E-state index contributed by atoms with van der Waals surface area (Å²) in [6, 6.07) is 15.7. The van der Waals surface area contributed by atoms with Crippen molar-refractivity contribution in [2.45, 2.75) is 31.2 Å². The number of carbonyl (C=O) groups is 1. The van der Waals surface area contributed by atoms with Crippen LogP contribution in [-0.4, -0.2) is 45.8 Å². The van der Waals surface area contributed by atoms with Crippen LogP contribution in [0.2, 0.25) is 0 Å². The average molecular weight is 647 g/mol. The summed E-state index contributed by atoms with van der Waals surface area (Å²) >= 11 is 1.31. The summed E-state index contributed by atoms with van der Waals surface area (Å²) in [7, 11) is -7.95. The zero-order chi connectivity index (χ0) is 30.9. The lowest BCUT2D eigenvalue weighted by Gasteiger charge is -2.20. The fraction of sp³-hybridized carbons (Fsp3) is 0.241. The van der Waals surface area contributed by atoms with Crippen molar-refractivity contribution in [2.75, 3.05) is 23.5 Å². The number of allylic oxidation sites excluding steroid dienone is 2. The number of thioether (sulfide) groups is 1. The first-order valence-corrected chi connectivity index (χ1v) is 17.6. The third-order valence-electron chi connectivity index (χ3n) is 6.72. The highest BCUT2D eigenvalue weighted by Gasteiger charge is 2.29. The smallest absolute Gasteiger partial charge is 0.374 e. The van der Waals surface area contributed by atoms with Crippen LogP contribution in [-0.2, 0) is 31.5 Å². The maximum absolute atomic E-state index is 14.2. The highest BCUT2D eigenvalue weighted by atomic mass is 32.2. The molecule has 226 valence electrons. The van der Waals surface area contributed by atoms with E-state index >= 15 is 0 Å². The van der Waals surface area contributed by atoms with Gasteiger partial charge in [0.15, 0.2) is 6.54 Å². The van der Waals surface area contributed by atoms with Crippen molar-refractivity contribution in [3.05, 3.63) is 83.0 Å². The predicted molar refractivity (Wildman–Crippen MR) is 164 cm³/mol. The van der Waals surface area contributed by atoms with Crippen molar-refractivity contribution in [3.63, 3.8) is 0 Å². The van der Waals surface area contributed by atoms with E-state index in [1.165, 1.54) is 23.9 Å². The summed E-state index contributed by atoms with van der Waals surface area (Å²) in [6.07, 6.45) is 5.19. The zero-order valence-electron chi connectivity index (χ0n) is 23.3. The fourth-order valence-electron chi connectivity index (χ4n) is 4.90. The van der Waals surface area contributed by atoms with E-state index in [4.69, 9.17) is 4.42 Å². The normalized spacial score (nSPS) is 15.0. The van der Waals surface area contributed by atoms with E-state index in [1.54, 1.807) is 11.0 Å². The molecule has 1 aliphatic heterocycles. The van der Waals surface area contributed by atoms with Gasteiger partial charge in [-0.05, 0) is 53.8 Å². The van der Waals surface area contributed by atoms with Gasteiger partial charge >= 0.3 is 5.89 Å². The molecule has 43 heavy (non-hydrogen) atoms. The van der Waals surface area contributed by atoms with Gasteiger partial charge in [-0.3, -0.25) is 14.1 Å². The lowest BCUT2D eigenvalue weighted by Crippen LogP contribution is -2.38. The minimum absolute atomic E-state index is 0.144. The summed E-state index contributed by atoms with van der Waals surface area (Å²) in [6.45, 7) is 1.82. The van der Waals surface area contributed by atoms with Crippen LogP contribution in [0, 0.1) is 5.82 Å². The van der Waals surface area contributed by atoms with Gasteiger partial charge in [-0.25, -0.2) is 12.8 Å². The first-order chi connectivity index (χ1) is 20.3. The predicted octanol–water partition coefficient (Wildman–Crippen LogP) is 4.61. The molecule has 0 saturated heterocycles. The van der Waals surface area contributed by atoms with Crippen molar-refractivity contribution in [2.24, 2.45) is 0 Å². The number of hydrogen-bond donors (Lipinski definition) is 2. The van der Waals surface area contributed by atoms with E-state index in [9.17, 15) is 30.6 Å². The largest absolute Gasteiger partial charge is 0.398 e. The van der Waals surface area contributed by atoms with Gasteiger partial charge in [0, 0.05) is 11.3 Å². The van der Waals surface area contributed by atoms with Gasteiger partial charge in [-0.15, -0.1) is 0 Å². The van der Waals surface area contributed by atoms with Crippen LogP contribution < -0.4 is 14.2 Å². The average Bonchev–Trinajstić information content (AvgIpc) is 3.43. The molecule has 5 rings (SSSR count). The standard InChI is InChI=1S/C29H28FN3O7S3/c1-3-19(16-28-33(18-26(34)31-42(2,35)36)23-17-21(30)10-12-25(23)41-28)15-27-32(13-6-14-43(37,38)39)29-22-8-5-4-7-20(22)9-11-24(29)40-27/h4-5,7-12,15-17H,3,6,13-14,18H2,1-2H3,(H-,31,34,37,38,39)/p+1. The van der Waals surface area contributed by atoms with Crippen LogP contribution in [0.25, 0.3) is 27.9 Å². The molecule has 2 N–H and O–H groups in total. The number of aryl methyl sites for hydroxylation is 1. The maximum Gasteiger partial charge on any atom is 0.374 e. The van der Waals surface area contributed by atoms with Crippen molar-refractivity contribution in [1.29, 1.82) is 0 Å². The number of nitrogens with one attached hydrogen (secondary N) is 1. The first-order valence-electron chi connectivity index (χ1n) is 13.3. The summed E-state index contributed by atoms with van der Waals surface area (Å²) < 4.78 is 79.8. The Bertz CT molecular complexity index is 2020. The van der Waals surface area contributed by atoms with E-state index in [0.29, 0.717) is 33.5 Å². The molecule has 0 spiro atoms. The molecule has 10 nitrogen and oxygen atoms in total. The Labute approximate surface area is 252 Å². The molecule has 2 heterocycles. The Hall–Kier alpha value is -3.72. The number of aromatic nitrogens is 1. The third kappa shape index (κ3) is 7.26. The van der Waals surface area contributed by atoms with Gasteiger partial charge < -0.3 is 9.32 Å². The highest BCUT2D eigenvalue weighted by molar-refractivity contribution is 8.03. The van der Waals surface area contributed by atoms with E-state index in [-0.39, 0.29) is 19.5 Å². The number of amides is 1. The van der Waals surface area contributed by atoms with E-state index in [1.807, 2.05) is 64.8 Å². The lowest BCUT2D eigenvalue weighted by atomic mass is 10.1. The molecule has 0 atom stereocenters. The number of sulfonamides is 1. The number of carbonyl (C=O) groups excluding carboxylic acids is 1. The summed E-state index contributed by atoms with van der Waals surface area (Å²) in [5, 5.41) is 2.47. The molecule has 0 bridgehead atoms. The molecular weight excluding hydrogens is 618 g/mol. The second-order valence-corrected chi connectivity index (χ2v) is 14.4. The molecule has 3 aromatic carbocycles. The minimum atomic E-state index is -4.16. The van der Waals surface area contributed by atoms with Gasteiger partial charge in [0.05, 0.1) is 34.2 Å². The summed E-state index contributed by atoms with van der Waals surface area (Å²) in [5.74, 6) is -1.24. The number of oxazole rings is 1. The van der Waals surface area contributed by atoms with Crippen LogP contribution in [0.3, 0.4) is 0 Å². The molecule has 0 unspecified atom stereocenters. The van der Waals surface area contributed by atoms with E-state index in [0.717, 1.165) is 28.1 Å². The monoisotopic (exact) mass is 646 g/mol. The maximum atomic E-state index is 14.2. The van der Waals surface area contributed by atoms with E-state index < -0.39 is 37.6 Å². The second kappa shape index (κ2) is 12.1. The van der Waals surface area contributed by atoms with Gasteiger partial charge in [0.1, 0.15) is 12.4 Å². The number of benzene rings is 3. The molecule has 1 aromatic heterocycles. The lowest BCUT2D eigenvalue weighted by molar-refractivity contribution is -0.677. The molecule has 0 saturated carbocycles. The molecule has 1 aliphatic rings. The molecule has 4 aromatic rings. The van der Waals surface area contributed by atoms with Crippen LogP contribution in [0.4, 0.5) is 10.1 Å². The molecule has 14 heteroatoms. The summed E-state index contributed by atoms with van der Waals surface area (Å²) in [5.41, 5.74) is 2.58. The highest BCUT2D eigenvalue weighted by Crippen LogP contribution is 2.46. The molecular formula is C29H29FN3O7S3+. The van der Waals surface area contributed by atoms with Gasteiger partial charge in [0.2, 0.25) is 15.6 Å². The topological polar surface area (TPSA) is 138 Å². The number of rotatable bonds is 10. The number of anilines is 1. The molecule has 1 amide bonds. The third-order valence-corrected chi connectivity index (χ3v) is 9.23. The van der Waals surface area contributed by atoms with Crippen LogP contribution in [0.1, 0.15) is 25.7 Å². The molecule has 0 aliphatic carbocycles. The number of halogens is 1. The van der Waals surface area contributed by atoms with Crippen LogP contribution in [0.5, 0.6) is 0 Å². The van der Waals surface area contributed by atoms with Crippen molar-refractivity contribution in [3.8, 4) is 0 Å². The Morgan fingerprint density at radius 2 is 1.91 bits per heavy atom. The second-order valence-electron chi connectivity index (χ2n) is 10.0. The minimum Gasteiger partial charge on any atom is -0.398 e. The van der Waals surface area contributed by atoms with Crippen LogP contribution in [0.15, 0.2) is 80.6 Å². The number of fused-ring (bicyclic) bond motifs is 4. The summed E-state index contributed by atoms with van der Waals surface area (Å²) in [4.78, 5) is 14.8. The fourth-order valence-corrected chi connectivity index (χ4v) is 6.99. The van der Waals surface area contributed by atoms with Gasteiger partial charge in [-0.1, -0.05) is 43.0 Å². The Balaban J connectivity index is 1.58. The SMILES string of the molecule is CCC(=Cc1oc2ccc3ccccc3c2[n+]1CCCS(=O)(=O)O)C=C1Sc2ccc(F)cc2N1CC(=O)NS(C)(=O)=O. The molecule has 0 radical (unpaired) electrons. The van der Waals surface area contributed by atoms with Gasteiger partial charge in [-0.2, -0.15) is 13.0 Å². The molecule has 0 fully saturated rings. The Morgan fingerprint density at radius 1 is 1.14 bits per heavy atom. The van der Waals surface area contributed by atoms with Gasteiger partial charge in [0.25, 0.3) is 21.5 Å². The van der Waals surface area contributed by atoms with Crippen molar-refractivity contribution < 1.29 is 39.6 Å². The first kappa shape index (κ1) is 30.7. The Morgan fingerprint density at radius 3 is 2.63 bits per heavy atom. The number of hydrogen-bond acceptors (Lipinski definition) is 8. The van der Waals surface area contributed by atoms with Crippen molar-refractivity contribution in [1.82, 2.24) is 4.72 Å². The number of nitrogens with zero attached hydrogens (tertiary/aromatic N) is 2. The Kier molecular flexibility index (Phi) is 8.65. The van der Waals surface area contributed by atoms with E-state index in [2.05, 4.69) is 0 Å². The van der Waals surface area contributed by atoms with Crippen molar-refractivity contribution >= 4 is 71.4 Å². The van der Waals surface area contributed by atoms with Crippen LogP contribution >= 0.6 is 11.8 Å².